The lowest BCUT2D eigenvalue weighted by molar-refractivity contribution is -0.141. The van der Waals surface area contributed by atoms with E-state index in [1.807, 2.05) is 10.6 Å². The maximum atomic E-state index is 13.8. The predicted octanol–water partition coefficient (Wildman–Crippen LogP) is 2.07. The fraction of sp³-hybridized carbons (Fsp3) is 0.292. The molecule has 0 fully saturated rings. The third kappa shape index (κ3) is 8.21. The molecule has 0 saturated heterocycles. The highest BCUT2D eigenvalue weighted by molar-refractivity contribution is 6.40. The maximum Gasteiger partial charge on any atom is 0.313 e. The number of aliphatic carboxylic acids is 1. The van der Waals surface area contributed by atoms with Gasteiger partial charge >= 0.3 is 17.8 Å². The van der Waals surface area contributed by atoms with E-state index in [0.29, 0.717) is 0 Å². The Hall–Kier alpha value is -4.56. The summed E-state index contributed by atoms with van der Waals surface area (Å²) in [5, 5.41) is 15.2. The number of carbonyl (C=O) groups is 5. The first kappa shape index (κ1) is 30.7. The van der Waals surface area contributed by atoms with E-state index in [2.05, 4.69) is 10.1 Å². The minimum absolute atomic E-state index is 0.0935. The van der Waals surface area contributed by atoms with Crippen LogP contribution < -0.4 is 20.7 Å². The van der Waals surface area contributed by atoms with Crippen LogP contribution >= 0.6 is 0 Å². The van der Waals surface area contributed by atoms with Gasteiger partial charge in [-0.3, -0.25) is 24.0 Å². The van der Waals surface area contributed by atoms with Crippen molar-refractivity contribution in [3.8, 4) is 5.75 Å². The van der Waals surface area contributed by atoms with E-state index in [-0.39, 0.29) is 11.8 Å². The summed E-state index contributed by atoms with van der Waals surface area (Å²) >= 11 is 0. The lowest BCUT2D eigenvalue weighted by atomic mass is 10.0. The number of hydrogen-bond donors (Lipinski definition) is 4. The Morgan fingerprint density at radius 2 is 1.46 bits per heavy atom. The van der Waals surface area contributed by atoms with Crippen molar-refractivity contribution in [3.63, 3.8) is 0 Å². The summed E-state index contributed by atoms with van der Waals surface area (Å²) in [4.78, 5) is 61.0. The number of para-hydroxylation sites is 1. The van der Waals surface area contributed by atoms with Gasteiger partial charge in [-0.25, -0.2) is 13.2 Å². The molecule has 0 aliphatic heterocycles. The van der Waals surface area contributed by atoms with E-state index in [1.165, 1.54) is 32.0 Å². The highest BCUT2D eigenvalue weighted by atomic mass is 19.2. The van der Waals surface area contributed by atoms with Crippen molar-refractivity contribution >= 4 is 35.2 Å². The SMILES string of the molecule is CC(C)[C@H](NC(=O)C(=O)Nc1ccccc1F)C(=O)N[C@@H](CC(=O)O)C(=O)COc1c(F)c(F)cc(F)c1F. The molecule has 2 rings (SSSR count). The summed E-state index contributed by atoms with van der Waals surface area (Å²) in [5.41, 5.74) is -0.318. The third-order valence-corrected chi connectivity index (χ3v) is 5.08. The first-order valence-electron chi connectivity index (χ1n) is 11.1. The average molecular weight is 559 g/mol. The monoisotopic (exact) mass is 559 g/mol. The molecule has 210 valence electrons. The van der Waals surface area contributed by atoms with Gasteiger partial charge in [0.2, 0.25) is 17.5 Å². The summed E-state index contributed by atoms with van der Waals surface area (Å²) in [7, 11) is 0. The van der Waals surface area contributed by atoms with Gasteiger partial charge in [0.1, 0.15) is 24.5 Å². The van der Waals surface area contributed by atoms with Gasteiger partial charge in [0.15, 0.2) is 23.2 Å². The summed E-state index contributed by atoms with van der Waals surface area (Å²) < 4.78 is 72.5. The number of Topliss-reactive ketones (excluding diaryl/α,β-unsaturated/α-hetero) is 1. The van der Waals surface area contributed by atoms with Crippen molar-refractivity contribution in [1.82, 2.24) is 10.6 Å². The van der Waals surface area contributed by atoms with Crippen LogP contribution in [0.3, 0.4) is 0 Å². The van der Waals surface area contributed by atoms with Crippen LogP contribution in [0.1, 0.15) is 20.3 Å². The average Bonchev–Trinajstić information content (AvgIpc) is 2.86. The largest absolute Gasteiger partial charge is 0.481 e. The van der Waals surface area contributed by atoms with Gasteiger partial charge in [-0.1, -0.05) is 26.0 Å². The maximum absolute atomic E-state index is 13.8. The molecule has 0 aromatic heterocycles. The predicted molar refractivity (Wildman–Crippen MR) is 123 cm³/mol. The second-order valence-corrected chi connectivity index (χ2v) is 8.34. The molecule has 0 aliphatic rings. The van der Waals surface area contributed by atoms with E-state index < -0.39 is 95.3 Å². The van der Waals surface area contributed by atoms with Crippen molar-refractivity contribution in [2.45, 2.75) is 32.4 Å². The van der Waals surface area contributed by atoms with Crippen molar-refractivity contribution in [2.75, 3.05) is 11.9 Å². The van der Waals surface area contributed by atoms with Crippen LogP contribution in [0.15, 0.2) is 30.3 Å². The molecule has 39 heavy (non-hydrogen) atoms. The minimum atomic E-state index is -1.95. The second kappa shape index (κ2) is 13.3. The van der Waals surface area contributed by atoms with Gasteiger partial charge in [0.05, 0.1) is 12.1 Å². The summed E-state index contributed by atoms with van der Waals surface area (Å²) in [5.74, 6) is -17.4. The van der Waals surface area contributed by atoms with Crippen molar-refractivity contribution in [2.24, 2.45) is 5.92 Å². The molecule has 4 N–H and O–H groups in total. The van der Waals surface area contributed by atoms with Crippen LogP contribution in [0.2, 0.25) is 0 Å². The van der Waals surface area contributed by atoms with Gasteiger partial charge in [-0.05, 0) is 18.1 Å². The molecule has 0 unspecified atom stereocenters. The number of ketones is 1. The Morgan fingerprint density at radius 1 is 0.872 bits per heavy atom. The molecule has 2 aromatic rings. The molecule has 0 heterocycles. The van der Waals surface area contributed by atoms with Crippen LogP contribution in [0, 0.1) is 35.0 Å². The molecule has 15 heteroatoms. The number of benzene rings is 2. The molecule has 0 radical (unpaired) electrons. The Bertz CT molecular complexity index is 1260. The standard InChI is InChI=1S/C24H22F5N3O7/c1-10(2)20(32-24(38)23(37)30-14-6-4-3-5-11(14)25)22(36)31-15(8-17(34)35)16(33)9-39-21-18(28)12(26)7-13(27)19(21)29/h3-7,10,15,20H,8-9H2,1-2H3,(H,30,37)(H,31,36)(H,32,38)(H,34,35)/t15-,20-/m0/s1. The summed E-state index contributed by atoms with van der Waals surface area (Å²) in [6.07, 6.45) is -1.05. The number of carbonyl (C=O) groups excluding carboxylic acids is 4. The van der Waals surface area contributed by atoms with Gasteiger partial charge in [-0.15, -0.1) is 0 Å². The Labute approximate surface area is 217 Å². The summed E-state index contributed by atoms with van der Waals surface area (Å²) in [6, 6.07) is 1.43. The third-order valence-electron chi connectivity index (χ3n) is 5.08. The molecule has 0 bridgehead atoms. The van der Waals surface area contributed by atoms with Crippen LogP contribution in [-0.4, -0.2) is 53.3 Å². The van der Waals surface area contributed by atoms with Crippen LogP contribution in [-0.2, 0) is 24.0 Å². The number of ether oxygens (including phenoxy) is 1. The number of carboxylic acid groups (broad SMARTS) is 1. The van der Waals surface area contributed by atoms with Gasteiger partial charge in [0, 0.05) is 6.07 Å². The number of anilines is 1. The zero-order chi connectivity index (χ0) is 29.4. The van der Waals surface area contributed by atoms with Crippen LogP contribution in [0.5, 0.6) is 5.75 Å². The molecular weight excluding hydrogens is 537 g/mol. The molecule has 0 spiro atoms. The number of hydrogen-bond acceptors (Lipinski definition) is 6. The quantitative estimate of drug-likeness (QED) is 0.187. The zero-order valence-corrected chi connectivity index (χ0v) is 20.3. The Balaban J connectivity index is 2.13. The molecule has 10 nitrogen and oxygen atoms in total. The normalized spacial score (nSPS) is 12.3. The first-order chi connectivity index (χ1) is 18.2. The number of rotatable bonds is 11. The van der Waals surface area contributed by atoms with Gasteiger partial charge in [-0.2, -0.15) is 8.78 Å². The highest BCUT2D eigenvalue weighted by Crippen LogP contribution is 2.26. The lowest BCUT2D eigenvalue weighted by Crippen LogP contribution is -2.56. The number of amides is 3. The Morgan fingerprint density at radius 3 is 2.00 bits per heavy atom. The van der Waals surface area contributed by atoms with E-state index in [0.717, 1.165) is 6.07 Å². The fourth-order valence-electron chi connectivity index (χ4n) is 3.09. The van der Waals surface area contributed by atoms with Crippen LogP contribution in [0.25, 0.3) is 0 Å². The molecule has 2 aromatic carbocycles. The van der Waals surface area contributed by atoms with Crippen LogP contribution in [0.4, 0.5) is 27.6 Å². The van der Waals surface area contributed by atoms with E-state index >= 15 is 0 Å². The molecular formula is C24H22F5N3O7. The first-order valence-corrected chi connectivity index (χ1v) is 11.1. The van der Waals surface area contributed by atoms with Crippen molar-refractivity contribution in [1.29, 1.82) is 0 Å². The lowest BCUT2D eigenvalue weighted by Gasteiger charge is -2.24. The van der Waals surface area contributed by atoms with Gasteiger partial charge < -0.3 is 25.8 Å². The molecule has 0 saturated carbocycles. The van der Waals surface area contributed by atoms with E-state index in [1.54, 1.807) is 0 Å². The second-order valence-electron chi connectivity index (χ2n) is 8.34. The number of nitrogens with one attached hydrogen (secondary N) is 3. The fourth-order valence-corrected chi connectivity index (χ4v) is 3.09. The molecule has 2 atom stereocenters. The van der Waals surface area contributed by atoms with Crippen molar-refractivity contribution in [3.05, 3.63) is 59.4 Å². The summed E-state index contributed by atoms with van der Waals surface area (Å²) in [6.45, 7) is 1.56. The Kier molecular flexibility index (Phi) is 10.5. The zero-order valence-electron chi connectivity index (χ0n) is 20.3. The van der Waals surface area contributed by atoms with E-state index in [9.17, 15) is 45.9 Å². The topological polar surface area (TPSA) is 151 Å². The number of carboxylic acids is 1. The van der Waals surface area contributed by atoms with Crippen molar-refractivity contribution < 1.29 is 55.8 Å². The minimum Gasteiger partial charge on any atom is -0.481 e. The molecule has 0 aliphatic carbocycles. The highest BCUT2D eigenvalue weighted by Gasteiger charge is 2.32. The smallest absolute Gasteiger partial charge is 0.313 e. The van der Waals surface area contributed by atoms with Gasteiger partial charge in [0.25, 0.3) is 0 Å². The van der Waals surface area contributed by atoms with E-state index in [4.69, 9.17) is 5.11 Å². The molecule has 3 amide bonds. The number of halogens is 5.